The zero-order chi connectivity index (χ0) is 16.6. The molecule has 0 radical (unpaired) electrons. The van der Waals surface area contributed by atoms with Gasteiger partial charge >= 0.3 is 20.4 Å². The summed E-state index contributed by atoms with van der Waals surface area (Å²) in [5, 5.41) is 1.83. The molecule has 8 aliphatic carbocycles. The molecule has 0 heterocycles. The van der Waals surface area contributed by atoms with Crippen molar-refractivity contribution in [3.63, 3.8) is 0 Å². The average molecular weight is 496 g/mol. The molecule has 0 atom stereocenters. The van der Waals surface area contributed by atoms with Crippen LogP contribution in [0.3, 0.4) is 0 Å². The Labute approximate surface area is 191 Å². The minimum absolute atomic E-state index is 0. The molecule has 8 aliphatic rings. The van der Waals surface area contributed by atoms with Crippen LogP contribution in [0.5, 0.6) is 0 Å². The second-order valence-electron chi connectivity index (χ2n) is 12.0. The van der Waals surface area contributed by atoms with Gasteiger partial charge < -0.3 is 14.9 Å². The quantitative estimate of drug-likeness (QED) is 0.207. The summed E-state index contributed by atoms with van der Waals surface area (Å²) in [5.41, 5.74) is 0. The van der Waals surface area contributed by atoms with Gasteiger partial charge in [-0.15, -0.1) is 0 Å². The molecular weight excluding hydrogens is 450 g/mol. The number of hydrogen-bond acceptors (Lipinski definition) is 0. The number of hydrogen-bond donors (Lipinski definition) is 0. The van der Waals surface area contributed by atoms with E-state index in [0.29, 0.717) is 0 Å². The van der Waals surface area contributed by atoms with E-state index in [1.54, 1.807) is 89.6 Å². The maximum absolute atomic E-state index is 2.46. The van der Waals surface area contributed by atoms with E-state index in [4.69, 9.17) is 0 Å². The van der Waals surface area contributed by atoms with Crippen molar-refractivity contribution in [1.29, 1.82) is 0 Å². The summed E-state index contributed by atoms with van der Waals surface area (Å²) < 4.78 is 0. The first-order chi connectivity index (χ1) is 12.2. The topological polar surface area (TPSA) is 0 Å². The molecular formula is C26H46PPd+. The average Bonchev–Trinajstić information content (AvgIpc) is 2.52. The van der Waals surface area contributed by atoms with E-state index in [9.17, 15) is 0 Å². The second kappa shape index (κ2) is 8.56. The van der Waals surface area contributed by atoms with Crippen LogP contribution in [0.25, 0.3) is 0 Å². The molecule has 0 spiro atoms. The Morgan fingerprint density at radius 2 is 0.893 bits per heavy atom. The molecule has 28 heavy (non-hydrogen) atoms. The number of rotatable bonds is 5. The maximum Gasteiger partial charge on any atom is 2.00 e. The molecule has 0 aromatic heterocycles. The smallest absolute Gasteiger partial charge is 0.358 e. The third kappa shape index (κ3) is 3.65. The zero-order valence-electron chi connectivity index (χ0n) is 18.9. The molecule has 0 aromatic rings. The fourth-order valence-corrected chi connectivity index (χ4v) is 16.5. The normalized spacial score (nSPS) is 50.5. The van der Waals surface area contributed by atoms with Crippen LogP contribution >= 0.6 is 7.92 Å². The Morgan fingerprint density at radius 1 is 0.607 bits per heavy atom. The van der Waals surface area contributed by atoms with Crippen LogP contribution in [0.2, 0.25) is 0 Å². The molecule has 0 saturated heterocycles. The standard InChI is InChI=1S/C24H39P.2CH3.Pd/c1-2-3-4-25(23-11-17-5-18(12-23)7-19(6-17)13-23)24-14-20-8-21(15-24)10-22(9-20)16-24;;;/h17-22H,2-16H2,1H3;2*1H3;/q;2*-1;+2/p+1. The molecule has 8 bridgehead atoms. The van der Waals surface area contributed by atoms with Gasteiger partial charge in [0.05, 0.1) is 16.5 Å². The van der Waals surface area contributed by atoms with Crippen LogP contribution in [0.15, 0.2) is 0 Å². The van der Waals surface area contributed by atoms with Crippen LogP contribution in [-0.4, -0.2) is 16.5 Å². The molecule has 8 saturated carbocycles. The maximum atomic E-state index is 2.46. The Morgan fingerprint density at radius 3 is 1.14 bits per heavy atom. The Hall–Kier alpha value is 1.09. The van der Waals surface area contributed by atoms with Crippen molar-refractivity contribution in [3.05, 3.63) is 14.9 Å². The van der Waals surface area contributed by atoms with E-state index < -0.39 is 0 Å². The fourth-order valence-electron chi connectivity index (χ4n) is 10.4. The van der Waals surface area contributed by atoms with E-state index in [-0.39, 0.29) is 43.2 Å². The molecule has 0 amide bonds. The van der Waals surface area contributed by atoms with Gasteiger partial charge in [-0.3, -0.25) is 0 Å². The molecule has 0 N–H and O–H groups in total. The van der Waals surface area contributed by atoms with Crippen molar-refractivity contribution in [3.8, 4) is 0 Å². The van der Waals surface area contributed by atoms with E-state index in [1.165, 1.54) is 41.9 Å². The van der Waals surface area contributed by atoms with Gasteiger partial charge in [-0.2, -0.15) is 0 Å². The van der Waals surface area contributed by atoms with Gasteiger partial charge in [0.25, 0.3) is 0 Å². The van der Waals surface area contributed by atoms with Crippen molar-refractivity contribution >= 4 is 7.92 Å². The number of unbranched alkanes of at least 4 members (excludes halogenated alkanes) is 1. The van der Waals surface area contributed by atoms with Gasteiger partial charge in [-0.25, -0.2) is 0 Å². The predicted octanol–water partition coefficient (Wildman–Crippen LogP) is 7.84. The van der Waals surface area contributed by atoms with Crippen molar-refractivity contribution in [1.82, 2.24) is 0 Å². The van der Waals surface area contributed by atoms with Crippen LogP contribution in [-0.2, 0) is 20.4 Å². The third-order valence-corrected chi connectivity index (χ3v) is 14.8. The first-order valence-corrected chi connectivity index (χ1v) is 13.7. The first kappa shape index (κ1) is 23.7. The molecule has 164 valence electrons. The predicted molar refractivity (Wildman–Crippen MR) is 123 cm³/mol. The van der Waals surface area contributed by atoms with Gasteiger partial charge in [0, 0.05) is 7.92 Å². The summed E-state index contributed by atoms with van der Waals surface area (Å²) in [6.07, 6.45) is 24.8. The fraction of sp³-hybridized carbons (Fsp3) is 0.923. The monoisotopic (exact) mass is 495 g/mol. The Kier molecular flexibility index (Phi) is 7.26. The van der Waals surface area contributed by atoms with Crippen LogP contribution in [0.1, 0.15) is 96.8 Å². The Bertz CT molecular complexity index is 426. The first-order valence-electron chi connectivity index (χ1n) is 12.0. The van der Waals surface area contributed by atoms with Crippen molar-refractivity contribution in [2.45, 2.75) is 107 Å². The van der Waals surface area contributed by atoms with Crippen molar-refractivity contribution in [2.24, 2.45) is 35.5 Å². The summed E-state index contributed by atoms with van der Waals surface area (Å²) in [4.78, 5) is 0. The Balaban J connectivity index is 0.000000750. The van der Waals surface area contributed by atoms with E-state index in [2.05, 4.69) is 6.92 Å². The van der Waals surface area contributed by atoms with E-state index in [1.807, 2.05) is 0 Å². The minimum Gasteiger partial charge on any atom is -0.358 e. The summed E-state index contributed by atoms with van der Waals surface area (Å²) in [5.74, 6) is 7.01. The molecule has 2 heteroatoms. The largest absolute Gasteiger partial charge is 2.00 e. The van der Waals surface area contributed by atoms with Crippen LogP contribution in [0, 0.1) is 50.4 Å². The van der Waals surface area contributed by atoms with Crippen molar-refractivity contribution < 1.29 is 20.4 Å². The minimum atomic E-state index is -0.196. The SMILES string of the molecule is CCCC[PH+](C12CC3CC(CC(C3)C1)C2)C12CC3CC(CC(C3)C1)C2.[CH3-].[CH3-].[Pd+2]. The van der Waals surface area contributed by atoms with Gasteiger partial charge in [-0.05, 0) is 119 Å². The molecule has 8 fully saturated rings. The molecule has 0 aliphatic heterocycles. The summed E-state index contributed by atoms with van der Waals surface area (Å²) in [7, 11) is -0.196. The molecule has 0 nitrogen and oxygen atoms in total. The van der Waals surface area contributed by atoms with Crippen LogP contribution in [0.4, 0.5) is 0 Å². The molecule has 0 unspecified atom stereocenters. The second-order valence-corrected chi connectivity index (χ2v) is 15.6. The summed E-state index contributed by atoms with van der Waals surface area (Å²) >= 11 is 0. The summed E-state index contributed by atoms with van der Waals surface area (Å²) in [6, 6.07) is 0. The van der Waals surface area contributed by atoms with Gasteiger partial charge in [0.2, 0.25) is 0 Å². The van der Waals surface area contributed by atoms with E-state index >= 15 is 0 Å². The zero-order valence-corrected chi connectivity index (χ0v) is 21.4. The third-order valence-electron chi connectivity index (χ3n) is 10.1. The van der Waals surface area contributed by atoms with Gasteiger partial charge in [0.15, 0.2) is 0 Å². The van der Waals surface area contributed by atoms with Gasteiger partial charge in [0.1, 0.15) is 0 Å². The summed E-state index contributed by atoms with van der Waals surface area (Å²) in [6.45, 7) is 2.46. The van der Waals surface area contributed by atoms with Crippen molar-refractivity contribution in [2.75, 3.05) is 6.16 Å². The van der Waals surface area contributed by atoms with Gasteiger partial charge in [-0.1, -0.05) is 13.3 Å². The molecule has 0 aromatic carbocycles. The van der Waals surface area contributed by atoms with Crippen LogP contribution < -0.4 is 0 Å². The van der Waals surface area contributed by atoms with E-state index in [0.717, 1.165) is 10.3 Å². The molecule has 8 rings (SSSR count).